The maximum atomic E-state index is 12.9. The van der Waals surface area contributed by atoms with Crippen LogP contribution in [0.1, 0.15) is 307 Å². The Kier molecular flexibility index (Phi) is 34.9. The monoisotopic (exact) mass is 897 g/mol. The summed E-state index contributed by atoms with van der Waals surface area (Å²) in [5.74, 6) is -1.46. The Morgan fingerprint density at radius 3 is 0.968 bits per heavy atom. The van der Waals surface area contributed by atoms with Crippen molar-refractivity contribution in [1.29, 1.82) is 0 Å². The number of carbonyl (C=O) groups is 3. The summed E-state index contributed by atoms with van der Waals surface area (Å²) in [5, 5.41) is 0. The zero-order valence-electron chi connectivity index (χ0n) is 53.0. The lowest BCUT2D eigenvalue weighted by Crippen LogP contribution is -2.30. The summed E-state index contributed by atoms with van der Waals surface area (Å²) in [5.41, 5.74) is 0. The summed E-state index contributed by atoms with van der Waals surface area (Å²) in [6, 6.07) is -0.563. The molecule has 0 aromatic rings. The molecular formula is C57H104O6. The molecule has 0 rings (SSSR count). The Labute approximate surface area is 408 Å². The molecule has 6 nitrogen and oxygen atoms in total. The molecule has 0 aliphatic rings. The fourth-order valence-electron chi connectivity index (χ4n) is 6.93. The number of hydrogen-bond donors (Lipinski definition) is 0. The van der Waals surface area contributed by atoms with Gasteiger partial charge in [0, 0.05) is 27.5 Å². The third-order valence-electron chi connectivity index (χ3n) is 11.0. The van der Waals surface area contributed by atoms with Crippen molar-refractivity contribution in [3.63, 3.8) is 0 Å². The second kappa shape index (κ2) is 52.3. The summed E-state index contributed by atoms with van der Waals surface area (Å²) < 4.78 is 116. The highest BCUT2D eigenvalue weighted by Crippen LogP contribution is 2.15. The molecule has 0 spiro atoms. The van der Waals surface area contributed by atoms with Crippen LogP contribution >= 0.6 is 0 Å². The number of hydrogen-bond acceptors (Lipinski definition) is 6. The Balaban J connectivity index is 5.01. The van der Waals surface area contributed by atoms with Crippen molar-refractivity contribution >= 4 is 17.9 Å². The Morgan fingerprint density at radius 1 is 0.365 bits per heavy atom. The van der Waals surface area contributed by atoms with Gasteiger partial charge < -0.3 is 14.2 Å². The van der Waals surface area contributed by atoms with E-state index in [-0.39, 0.29) is 88.1 Å². The first-order valence-electron chi connectivity index (χ1n) is 32.2. The molecule has 0 unspecified atom stereocenters. The smallest absolute Gasteiger partial charge is 0.306 e. The third-order valence-corrected chi connectivity index (χ3v) is 11.0. The maximum absolute atomic E-state index is 12.9. The summed E-state index contributed by atoms with van der Waals surface area (Å²) in [4.78, 5) is 38.4. The minimum atomic E-state index is -1.80. The minimum Gasteiger partial charge on any atom is -0.462 e. The van der Waals surface area contributed by atoms with E-state index in [4.69, 9.17) is 30.7 Å². The lowest BCUT2D eigenvalue weighted by atomic mass is 10.1. The van der Waals surface area contributed by atoms with Crippen molar-refractivity contribution in [1.82, 2.24) is 0 Å². The van der Waals surface area contributed by atoms with Crippen LogP contribution in [0.15, 0.2) is 36.3 Å². The normalized spacial score (nSPS) is 16.6. The SMILES string of the molecule is [2H]/C(CCCCCCCC(=O)OCC(COC(=O)CCCCCCC/C([2H])=C(/[2H])C([2H])([2H])CCCCCCC)OC(=O)CCCCCCC/C([2H])=C(/[2H])C([2H])([2H])CCCCCCC)=C(\[2H])C([2H])([2H])CCCCCCC. The predicted molar refractivity (Wildman–Crippen MR) is 270 cm³/mol. The third kappa shape index (κ3) is 50.5. The summed E-state index contributed by atoms with van der Waals surface area (Å²) in [7, 11) is 0. The van der Waals surface area contributed by atoms with Crippen molar-refractivity contribution in [2.24, 2.45) is 0 Å². The lowest BCUT2D eigenvalue weighted by Gasteiger charge is -2.18. The number of allylic oxidation sites excluding steroid dienone is 6. The molecule has 6 heteroatoms. The van der Waals surface area contributed by atoms with Gasteiger partial charge in [0.15, 0.2) is 6.10 Å². The Hall–Kier alpha value is -2.37. The molecule has 63 heavy (non-hydrogen) atoms. The molecule has 0 amide bonds. The Bertz CT molecular complexity index is 1540. The first-order chi connectivity index (χ1) is 35.6. The fourth-order valence-corrected chi connectivity index (χ4v) is 6.93. The van der Waals surface area contributed by atoms with E-state index in [9.17, 15) is 14.4 Å². The molecule has 0 aromatic heterocycles. The van der Waals surface area contributed by atoms with E-state index in [1.807, 2.05) is 0 Å². The number of unbranched alkanes of at least 4 members (excludes halogenated alkanes) is 24. The second-order valence-electron chi connectivity index (χ2n) is 17.2. The summed E-state index contributed by atoms with van der Waals surface area (Å²) >= 11 is 0. The molecule has 0 fully saturated rings. The van der Waals surface area contributed by atoms with Gasteiger partial charge in [0.05, 0.1) is 8.22 Å². The molecule has 0 aliphatic heterocycles. The van der Waals surface area contributed by atoms with Crippen LogP contribution < -0.4 is 0 Å². The highest BCUT2D eigenvalue weighted by atomic mass is 16.6. The van der Waals surface area contributed by atoms with Gasteiger partial charge in [-0.1, -0.05) is 211 Å². The molecule has 368 valence electrons. The molecule has 0 aliphatic carbocycles. The standard InChI is InChI=1S/C57H104O6/c1-4-7-10-13-16-19-22-25-28-31-34-37-40-43-46-49-55(58)61-52-54(63-57(60)51-48-45-42-39-36-33-30-27-24-21-18-15-12-9-6-3)53-62-56(59)50-47-44-41-38-35-32-29-26-23-20-17-14-11-8-5-2/h25-30,54H,4-24,31-53H2,1-3H3/b28-25-,29-26-,30-27-/i22D2,23D2,24D2,25D,26D,27D,28D,29D,30D. The van der Waals surface area contributed by atoms with Crippen molar-refractivity contribution in [3.05, 3.63) is 36.3 Å². The second-order valence-corrected chi connectivity index (χ2v) is 17.2. The van der Waals surface area contributed by atoms with Crippen molar-refractivity contribution in [2.75, 3.05) is 13.2 Å². The highest BCUT2D eigenvalue weighted by Gasteiger charge is 2.19. The van der Waals surface area contributed by atoms with Crippen LogP contribution in [-0.4, -0.2) is 37.2 Å². The summed E-state index contributed by atoms with van der Waals surface area (Å²) in [6.45, 7) is 5.83. The van der Waals surface area contributed by atoms with E-state index in [0.717, 1.165) is 135 Å². The molecule has 0 heterocycles. The average Bonchev–Trinajstić information content (AvgIpc) is 3.37. The van der Waals surface area contributed by atoms with Crippen molar-refractivity contribution < 1.29 is 45.0 Å². The van der Waals surface area contributed by atoms with Crippen LogP contribution in [0, 0.1) is 0 Å². The predicted octanol–water partition coefficient (Wildman–Crippen LogP) is 18.1. The van der Waals surface area contributed by atoms with Gasteiger partial charge in [0.1, 0.15) is 13.2 Å². The highest BCUT2D eigenvalue weighted by molar-refractivity contribution is 5.71. The zero-order chi connectivity index (χ0) is 56.4. The van der Waals surface area contributed by atoms with E-state index in [1.54, 1.807) is 0 Å². The van der Waals surface area contributed by atoms with Gasteiger partial charge in [-0.3, -0.25) is 14.4 Å². The van der Waals surface area contributed by atoms with Gasteiger partial charge in [-0.05, 0) is 96.2 Å². The number of rotatable bonds is 50. The quantitative estimate of drug-likeness (QED) is 0.0262. The molecular weight excluding hydrogens is 781 g/mol. The zero-order valence-corrected chi connectivity index (χ0v) is 41.0. The first-order valence-corrected chi connectivity index (χ1v) is 26.2. The number of ether oxygens (including phenoxy) is 3. The van der Waals surface area contributed by atoms with Gasteiger partial charge in [0.2, 0.25) is 0 Å². The molecule has 0 N–H and O–H groups in total. The lowest BCUT2D eigenvalue weighted by molar-refractivity contribution is -0.167. The molecule has 0 bridgehead atoms. The Morgan fingerprint density at radius 2 is 0.635 bits per heavy atom. The largest absolute Gasteiger partial charge is 0.462 e. The van der Waals surface area contributed by atoms with E-state index < -0.39 is 43.1 Å². The first kappa shape index (κ1) is 42.0. The van der Waals surface area contributed by atoms with Crippen LogP contribution in [0.5, 0.6) is 0 Å². The maximum Gasteiger partial charge on any atom is 0.306 e. The molecule has 0 saturated heterocycles. The molecule has 0 saturated carbocycles. The van der Waals surface area contributed by atoms with E-state index >= 15 is 0 Å². The van der Waals surface area contributed by atoms with E-state index in [2.05, 4.69) is 20.8 Å². The summed E-state index contributed by atoms with van der Waals surface area (Å²) in [6.07, 6.45) is 21.1. The molecule has 0 aromatic carbocycles. The fraction of sp³-hybridized carbons (Fsp3) is 0.842. The molecule has 0 radical (unpaired) electrons. The van der Waals surface area contributed by atoms with Crippen LogP contribution in [0.25, 0.3) is 0 Å². The van der Waals surface area contributed by atoms with Crippen LogP contribution in [0.4, 0.5) is 0 Å². The number of esters is 3. The van der Waals surface area contributed by atoms with Crippen LogP contribution in [0.3, 0.4) is 0 Å². The van der Waals surface area contributed by atoms with Gasteiger partial charge in [-0.2, -0.15) is 0 Å². The van der Waals surface area contributed by atoms with Crippen LogP contribution in [-0.2, 0) is 28.6 Å². The topological polar surface area (TPSA) is 78.9 Å². The number of carbonyl (C=O) groups excluding carboxylic acids is 3. The van der Waals surface area contributed by atoms with Gasteiger partial charge in [0.25, 0.3) is 0 Å². The average molecular weight is 898 g/mol. The van der Waals surface area contributed by atoms with Gasteiger partial charge >= 0.3 is 17.9 Å². The van der Waals surface area contributed by atoms with Crippen molar-refractivity contribution in [2.45, 2.75) is 296 Å². The molecule has 0 atom stereocenters. The van der Waals surface area contributed by atoms with Gasteiger partial charge in [-0.15, -0.1) is 0 Å². The van der Waals surface area contributed by atoms with Crippen LogP contribution in [0.2, 0.25) is 0 Å². The van der Waals surface area contributed by atoms with Crippen molar-refractivity contribution in [3.8, 4) is 0 Å². The minimum absolute atomic E-state index is 0.0366. The van der Waals surface area contributed by atoms with Gasteiger partial charge in [-0.25, -0.2) is 0 Å². The van der Waals surface area contributed by atoms with E-state index in [1.165, 1.54) is 0 Å². The van der Waals surface area contributed by atoms with E-state index in [0.29, 0.717) is 77.0 Å².